The van der Waals surface area contributed by atoms with Gasteiger partial charge in [-0.1, -0.05) is 6.07 Å². The number of nitro groups is 1. The number of nitrogens with one attached hydrogen (secondary N) is 1. The highest BCUT2D eigenvalue weighted by Gasteiger charge is 2.63. The highest BCUT2D eigenvalue weighted by atomic mass is 19.4. The lowest BCUT2D eigenvalue weighted by molar-refractivity contribution is -0.384. The summed E-state index contributed by atoms with van der Waals surface area (Å²) in [4.78, 5) is 9.97. The number of aryl methyl sites for hydroxylation is 1. The van der Waals surface area contributed by atoms with Crippen molar-refractivity contribution in [2.45, 2.75) is 31.5 Å². The fourth-order valence-corrected chi connectivity index (χ4v) is 1.72. The molecule has 98 valence electrons. The van der Waals surface area contributed by atoms with Gasteiger partial charge in [-0.05, 0) is 25.3 Å². The minimum Gasteiger partial charge on any atom is -0.371 e. The molecule has 18 heavy (non-hydrogen) atoms. The molecule has 0 heterocycles. The molecule has 0 saturated heterocycles. The van der Waals surface area contributed by atoms with Crippen LogP contribution in [0.25, 0.3) is 0 Å². The SMILES string of the molecule is Cc1ccc([N+](=O)[O-])cc1NC1(C(F)(F)F)CC1. The number of anilines is 1. The number of nitro benzene ring substituents is 1. The molecule has 1 fully saturated rings. The summed E-state index contributed by atoms with van der Waals surface area (Å²) in [5.41, 5.74) is -1.41. The lowest BCUT2D eigenvalue weighted by Gasteiger charge is -2.22. The summed E-state index contributed by atoms with van der Waals surface area (Å²) in [7, 11) is 0. The van der Waals surface area contributed by atoms with E-state index in [0.717, 1.165) is 6.07 Å². The van der Waals surface area contributed by atoms with E-state index in [1.54, 1.807) is 6.92 Å². The molecule has 1 N–H and O–H groups in total. The van der Waals surface area contributed by atoms with Crippen molar-refractivity contribution >= 4 is 11.4 Å². The van der Waals surface area contributed by atoms with Crippen LogP contribution >= 0.6 is 0 Å². The Morgan fingerprint density at radius 2 is 2.00 bits per heavy atom. The molecule has 0 aliphatic heterocycles. The maximum atomic E-state index is 12.8. The molecule has 0 amide bonds. The standard InChI is InChI=1S/C11H11F3N2O2/c1-7-2-3-8(16(17)18)6-9(7)15-10(4-5-10)11(12,13)14/h2-3,6,15H,4-5H2,1H3. The molecule has 0 bridgehead atoms. The van der Waals surface area contributed by atoms with Gasteiger partial charge in [0.2, 0.25) is 0 Å². The Morgan fingerprint density at radius 1 is 1.39 bits per heavy atom. The fourth-order valence-electron chi connectivity index (χ4n) is 1.72. The molecule has 0 radical (unpaired) electrons. The molecule has 1 aliphatic carbocycles. The predicted molar refractivity (Wildman–Crippen MR) is 59.5 cm³/mol. The van der Waals surface area contributed by atoms with Crippen molar-refractivity contribution in [2.75, 3.05) is 5.32 Å². The number of hydrogen-bond acceptors (Lipinski definition) is 3. The number of non-ortho nitro benzene ring substituents is 1. The third-order valence-corrected chi connectivity index (χ3v) is 3.10. The molecule has 7 heteroatoms. The Hall–Kier alpha value is -1.79. The van der Waals surface area contributed by atoms with E-state index in [4.69, 9.17) is 0 Å². The first-order valence-corrected chi connectivity index (χ1v) is 5.35. The molecule has 0 spiro atoms. The van der Waals surface area contributed by atoms with E-state index < -0.39 is 16.6 Å². The number of rotatable bonds is 3. The van der Waals surface area contributed by atoms with Crippen LogP contribution in [-0.4, -0.2) is 16.6 Å². The lowest BCUT2D eigenvalue weighted by Crippen LogP contribution is -2.38. The Balaban J connectivity index is 2.30. The van der Waals surface area contributed by atoms with Crippen LogP contribution in [0, 0.1) is 17.0 Å². The minimum atomic E-state index is -4.34. The topological polar surface area (TPSA) is 55.2 Å². The first kappa shape index (κ1) is 12.7. The van der Waals surface area contributed by atoms with E-state index in [9.17, 15) is 23.3 Å². The summed E-state index contributed by atoms with van der Waals surface area (Å²) >= 11 is 0. The van der Waals surface area contributed by atoms with Crippen LogP contribution < -0.4 is 5.32 Å². The average Bonchev–Trinajstić information content (AvgIpc) is 3.01. The third-order valence-electron chi connectivity index (χ3n) is 3.10. The molecule has 1 aromatic rings. The first-order valence-electron chi connectivity index (χ1n) is 5.35. The van der Waals surface area contributed by atoms with Crippen LogP contribution in [0.1, 0.15) is 18.4 Å². The zero-order chi connectivity index (χ0) is 13.6. The first-order chi connectivity index (χ1) is 8.25. The normalized spacial score (nSPS) is 17.3. The van der Waals surface area contributed by atoms with E-state index in [2.05, 4.69) is 5.32 Å². The smallest absolute Gasteiger partial charge is 0.371 e. The van der Waals surface area contributed by atoms with Crippen LogP contribution in [0.2, 0.25) is 0 Å². The van der Waals surface area contributed by atoms with Crippen LogP contribution in [0.3, 0.4) is 0 Å². The van der Waals surface area contributed by atoms with Gasteiger partial charge in [0, 0.05) is 17.8 Å². The van der Waals surface area contributed by atoms with Crippen molar-refractivity contribution in [2.24, 2.45) is 0 Å². The van der Waals surface area contributed by atoms with Crippen LogP contribution in [0.4, 0.5) is 24.5 Å². The zero-order valence-corrected chi connectivity index (χ0v) is 9.54. The molecule has 1 aliphatic rings. The molecular weight excluding hydrogens is 249 g/mol. The number of nitrogens with zero attached hydrogens (tertiary/aromatic N) is 1. The van der Waals surface area contributed by atoms with Gasteiger partial charge in [-0.2, -0.15) is 13.2 Å². The minimum absolute atomic E-state index is 0.00136. The van der Waals surface area contributed by atoms with Gasteiger partial charge < -0.3 is 5.32 Å². The predicted octanol–water partition coefficient (Wildman–Crippen LogP) is 3.41. The highest BCUT2D eigenvalue weighted by molar-refractivity contribution is 5.59. The number of halogens is 3. The van der Waals surface area contributed by atoms with E-state index in [1.807, 2.05) is 0 Å². The Morgan fingerprint density at radius 3 is 2.44 bits per heavy atom. The quantitative estimate of drug-likeness (QED) is 0.669. The molecule has 0 atom stereocenters. The summed E-state index contributed by atoms with van der Waals surface area (Å²) in [6.07, 6.45) is -4.35. The zero-order valence-electron chi connectivity index (χ0n) is 9.54. The van der Waals surface area contributed by atoms with Gasteiger partial charge in [0.25, 0.3) is 5.69 Å². The van der Waals surface area contributed by atoms with Gasteiger partial charge in [-0.15, -0.1) is 0 Å². The molecule has 0 aromatic heterocycles. The summed E-state index contributed by atoms with van der Waals surface area (Å²) < 4.78 is 38.3. The molecule has 4 nitrogen and oxygen atoms in total. The molecule has 1 saturated carbocycles. The van der Waals surface area contributed by atoms with E-state index in [-0.39, 0.29) is 24.2 Å². The lowest BCUT2D eigenvalue weighted by atomic mass is 10.1. The summed E-state index contributed by atoms with van der Waals surface area (Å²) in [6.45, 7) is 1.61. The number of alkyl halides is 3. The summed E-state index contributed by atoms with van der Waals surface area (Å²) in [5, 5.41) is 13.0. The molecule has 1 aromatic carbocycles. The van der Waals surface area contributed by atoms with E-state index in [0.29, 0.717) is 5.56 Å². The summed E-state index contributed by atoms with van der Waals surface area (Å²) in [5.74, 6) is 0. The second-order valence-corrected chi connectivity index (χ2v) is 4.46. The second kappa shape index (κ2) is 3.86. The van der Waals surface area contributed by atoms with Crippen molar-refractivity contribution in [3.63, 3.8) is 0 Å². The van der Waals surface area contributed by atoms with Crippen molar-refractivity contribution in [3.8, 4) is 0 Å². The largest absolute Gasteiger partial charge is 0.411 e. The Bertz CT molecular complexity index is 496. The van der Waals surface area contributed by atoms with Crippen LogP contribution in [0.15, 0.2) is 18.2 Å². The second-order valence-electron chi connectivity index (χ2n) is 4.46. The maximum Gasteiger partial charge on any atom is 0.411 e. The van der Waals surface area contributed by atoms with Crippen molar-refractivity contribution < 1.29 is 18.1 Å². The summed E-state index contributed by atoms with van der Waals surface area (Å²) in [6, 6.07) is 3.85. The van der Waals surface area contributed by atoms with Crippen LogP contribution in [0.5, 0.6) is 0 Å². The van der Waals surface area contributed by atoms with Crippen molar-refractivity contribution in [1.29, 1.82) is 0 Å². The third kappa shape index (κ3) is 2.12. The van der Waals surface area contributed by atoms with Gasteiger partial charge in [0.1, 0.15) is 5.54 Å². The van der Waals surface area contributed by atoms with Gasteiger partial charge >= 0.3 is 6.18 Å². The maximum absolute atomic E-state index is 12.8. The Labute approximate surface area is 101 Å². The highest BCUT2D eigenvalue weighted by Crippen LogP contribution is 2.51. The monoisotopic (exact) mass is 260 g/mol. The average molecular weight is 260 g/mol. The molecular formula is C11H11F3N2O2. The van der Waals surface area contributed by atoms with Gasteiger partial charge in [0.05, 0.1) is 4.92 Å². The van der Waals surface area contributed by atoms with Gasteiger partial charge in [-0.3, -0.25) is 10.1 Å². The van der Waals surface area contributed by atoms with Crippen LogP contribution in [-0.2, 0) is 0 Å². The van der Waals surface area contributed by atoms with Gasteiger partial charge in [-0.25, -0.2) is 0 Å². The molecule has 0 unspecified atom stereocenters. The number of hydrogen-bond donors (Lipinski definition) is 1. The fraction of sp³-hybridized carbons (Fsp3) is 0.455. The Kier molecular flexibility index (Phi) is 2.71. The number of benzene rings is 1. The van der Waals surface area contributed by atoms with Crippen molar-refractivity contribution in [1.82, 2.24) is 0 Å². The van der Waals surface area contributed by atoms with E-state index >= 15 is 0 Å². The molecule has 2 rings (SSSR count). The van der Waals surface area contributed by atoms with Crippen molar-refractivity contribution in [3.05, 3.63) is 33.9 Å². The van der Waals surface area contributed by atoms with Gasteiger partial charge in [0.15, 0.2) is 0 Å². The van der Waals surface area contributed by atoms with E-state index in [1.165, 1.54) is 12.1 Å².